The Hall–Kier alpha value is -0.440. The van der Waals surface area contributed by atoms with Crippen LogP contribution in [0.3, 0.4) is 0 Å². The van der Waals surface area contributed by atoms with Crippen molar-refractivity contribution in [1.29, 1.82) is 0 Å². The average Bonchev–Trinajstić information content (AvgIpc) is 2.63. The van der Waals surface area contributed by atoms with E-state index < -0.39 is 0 Å². The molecule has 100 valence electrons. The molecule has 1 saturated carbocycles. The minimum absolute atomic E-state index is 0.328. The zero-order valence-corrected chi connectivity index (χ0v) is 12.8. The summed E-state index contributed by atoms with van der Waals surface area (Å²) in [7, 11) is 0. The monoisotopic (exact) mass is 286 g/mol. The number of benzene rings is 1. The highest BCUT2D eigenvalue weighted by atomic mass is 35.5. The lowest BCUT2D eigenvalue weighted by atomic mass is 10.0. The molecule has 3 N–H and O–H groups in total. The van der Waals surface area contributed by atoms with Crippen LogP contribution in [0.25, 0.3) is 0 Å². The van der Waals surface area contributed by atoms with Gasteiger partial charge in [-0.2, -0.15) is 0 Å². The van der Waals surface area contributed by atoms with Gasteiger partial charge >= 0.3 is 0 Å². The smallest absolute Gasteiger partial charge is 0.0693 e. The first-order valence-corrected chi connectivity index (χ1v) is 6.90. The first-order valence-electron chi connectivity index (χ1n) is 6.14. The third kappa shape index (κ3) is 2.11. The van der Waals surface area contributed by atoms with Crippen LogP contribution in [0.15, 0.2) is 12.1 Å². The van der Waals surface area contributed by atoms with Crippen LogP contribution in [0.4, 0.5) is 5.69 Å². The van der Waals surface area contributed by atoms with E-state index in [-0.39, 0.29) is 0 Å². The molecule has 2 rings (SSSR count). The maximum absolute atomic E-state index is 6.02. The van der Waals surface area contributed by atoms with E-state index >= 15 is 0 Å². The van der Waals surface area contributed by atoms with Gasteiger partial charge in [0.15, 0.2) is 0 Å². The largest absolute Gasteiger partial charge is 0.396 e. The first kappa shape index (κ1) is 14.0. The van der Waals surface area contributed by atoms with Crippen LogP contribution in [0.5, 0.6) is 0 Å². The van der Waals surface area contributed by atoms with Gasteiger partial charge in [-0.1, -0.05) is 50.9 Å². The molecule has 1 aliphatic rings. The minimum Gasteiger partial charge on any atom is -0.396 e. The quantitative estimate of drug-likeness (QED) is 0.821. The fraction of sp³-hybridized carbons (Fsp3) is 0.571. The maximum Gasteiger partial charge on any atom is 0.0693 e. The van der Waals surface area contributed by atoms with Gasteiger partial charge in [0.25, 0.3) is 0 Å². The Morgan fingerprint density at radius 2 is 1.56 bits per heavy atom. The standard InChI is InChI=1S/C14H20Cl2N2/c1-13(2)12(14(13,3)4)18-7-8-5-9(15)11(17)10(16)6-8/h5-6,12,18H,7,17H2,1-4H3. The summed E-state index contributed by atoms with van der Waals surface area (Å²) in [6.45, 7) is 9.90. The molecule has 0 heterocycles. The third-order valence-electron chi connectivity index (χ3n) is 4.67. The van der Waals surface area contributed by atoms with E-state index in [2.05, 4.69) is 33.0 Å². The van der Waals surface area contributed by atoms with Crippen LogP contribution in [0.2, 0.25) is 10.0 Å². The van der Waals surface area contributed by atoms with Crippen molar-refractivity contribution in [2.24, 2.45) is 10.8 Å². The Morgan fingerprint density at radius 3 is 1.94 bits per heavy atom. The van der Waals surface area contributed by atoms with Crippen molar-refractivity contribution >= 4 is 28.9 Å². The van der Waals surface area contributed by atoms with E-state index in [1.807, 2.05) is 12.1 Å². The molecule has 1 aromatic rings. The van der Waals surface area contributed by atoms with Gasteiger partial charge in [0, 0.05) is 12.6 Å². The minimum atomic E-state index is 0.328. The van der Waals surface area contributed by atoms with E-state index in [1.165, 1.54) is 0 Å². The molecule has 1 aromatic carbocycles. The molecule has 4 heteroatoms. The molecule has 1 fully saturated rings. The summed E-state index contributed by atoms with van der Waals surface area (Å²) < 4.78 is 0. The van der Waals surface area contributed by atoms with Crippen molar-refractivity contribution in [3.63, 3.8) is 0 Å². The number of hydrogen-bond donors (Lipinski definition) is 2. The van der Waals surface area contributed by atoms with Gasteiger partial charge in [0.1, 0.15) is 0 Å². The molecule has 0 amide bonds. The van der Waals surface area contributed by atoms with E-state index in [0.29, 0.717) is 32.6 Å². The molecular weight excluding hydrogens is 267 g/mol. The molecule has 0 aromatic heterocycles. The Bertz CT molecular complexity index is 444. The number of hydrogen-bond acceptors (Lipinski definition) is 2. The molecule has 0 radical (unpaired) electrons. The summed E-state index contributed by atoms with van der Waals surface area (Å²) in [5.74, 6) is 0. The SMILES string of the molecule is CC1(C)C(NCc2cc(Cl)c(N)c(Cl)c2)C1(C)C. The highest BCUT2D eigenvalue weighted by molar-refractivity contribution is 6.38. The topological polar surface area (TPSA) is 38.0 Å². The molecule has 1 aliphatic carbocycles. The summed E-state index contributed by atoms with van der Waals surface area (Å²) in [5.41, 5.74) is 7.90. The molecule has 0 unspecified atom stereocenters. The highest BCUT2D eigenvalue weighted by Crippen LogP contribution is 2.62. The Balaban J connectivity index is 2.05. The number of halogens is 2. The van der Waals surface area contributed by atoms with Crippen molar-refractivity contribution < 1.29 is 0 Å². The van der Waals surface area contributed by atoms with Gasteiger partial charge < -0.3 is 11.1 Å². The molecule has 0 atom stereocenters. The summed E-state index contributed by atoms with van der Waals surface area (Å²) >= 11 is 12.0. The third-order valence-corrected chi connectivity index (χ3v) is 5.30. The Kier molecular flexibility index (Phi) is 3.33. The van der Waals surface area contributed by atoms with Crippen LogP contribution in [-0.2, 0) is 6.54 Å². The van der Waals surface area contributed by atoms with Crippen molar-refractivity contribution in [2.45, 2.75) is 40.3 Å². The molecule has 18 heavy (non-hydrogen) atoms. The average molecular weight is 287 g/mol. The molecule has 0 saturated heterocycles. The fourth-order valence-electron chi connectivity index (χ4n) is 2.67. The molecule has 2 nitrogen and oxygen atoms in total. The van der Waals surface area contributed by atoms with Crippen LogP contribution in [0.1, 0.15) is 33.3 Å². The van der Waals surface area contributed by atoms with Gasteiger partial charge in [0.05, 0.1) is 15.7 Å². The summed E-state index contributed by atoms with van der Waals surface area (Å²) in [6.07, 6.45) is 0. The lowest BCUT2D eigenvalue weighted by molar-refractivity contribution is 0.457. The molecule has 0 spiro atoms. The van der Waals surface area contributed by atoms with Crippen molar-refractivity contribution in [1.82, 2.24) is 5.32 Å². The fourth-order valence-corrected chi connectivity index (χ4v) is 3.20. The maximum atomic E-state index is 6.02. The van der Waals surface area contributed by atoms with Gasteiger partial charge in [-0.05, 0) is 28.5 Å². The number of nitrogens with one attached hydrogen (secondary N) is 1. The molecule has 0 aliphatic heterocycles. The predicted molar refractivity (Wildman–Crippen MR) is 79.1 cm³/mol. The number of nitrogens with two attached hydrogens (primary N) is 1. The lowest BCUT2D eigenvalue weighted by Gasteiger charge is -2.09. The zero-order valence-electron chi connectivity index (χ0n) is 11.3. The summed E-state index contributed by atoms with van der Waals surface area (Å²) in [6, 6.07) is 4.26. The summed E-state index contributed by atoms with van der Waals surface area (Å²) in [5, 5.41) is 4.61. The van der Waals surface area contributed by atoms with Crippen LogP contribution >= 0.6 is 23.2 Å². The van der Waals surface area contributed by atoms with Crippen LogP contribution in [-0.4, -0.2) is 6.04 Å². The first-order chi connectivity index (χ1) is 8.18. The normalized spacial score (nSPS) is 21.0. The van der Waals surface area contributed by atoms with Crippen LogP contribution < -0.4 is 11.1 Å². The lowest BCUT2D eigenvalue weighted by Crippen LogP contribution is -2.21. The Morgan fingerprint density at radius 1 is 1.11 bits per heavy atom. The Labute approximate surface area is 119 Å². The van der Waals surface area contributed by atoms with E-state index in [9.17, 15) is 0 Å². The molecule has 0 bridgehead atoms. The predicted octanol–water partition coefficient (Wildman–Crippen LogP) is 4.10. The highest BCUT2D eigenvalue weighted by Gasteiger charge is 2.64. The zero-order chi connectivity index (χ0) is 13.7. The van der Waals surface area contributed by atoms with Gasteiger partial charge in [0.2, 0.25) is 0 Å². The van der Waals surface area contributed by atoms with Crippen molar-refractivity contribution in [3.8, 4) is 0 Å². The van der Waals surface area contributed by atoms with Gasteiger partial charge in [-0.3, -0.25) is 0 Å². The van der Waals surface area contributed by atoms with E-state index in [1.54, 1.807) is 0 Å². The number of rotatable bonds is 3. The summed E-state index contributed by atoms with van der Waals surface area (Å²) in [4.78, 5) is 0. The number of nitrogen functional groups attached to an aromatic ring is 1. The van der Waals surface area contributed by atoms with Gasteiger partial charge in [-0.15, -0.1) is 0 Å². The second kappa shape index (κ2) is 4.29. The van der Waals surface area contributed by atoms with Gasteiger partial charge in [-0.25, -0.2) is 0 Å². The van der Waals surface area contributed by atoms with Crippen molar-refractivity contribution in [3.05, 3.63) is 27.7 Å². The van der Waals surface area contributed by atoms with E-state index in [0.717, 1.165) is 12.1 Å². The second-order valence-corrected chi connectivity index (χ2v) is 7.04. The second-order valence-electron chi connectivity index (χ2n) is 6.23. The van der Waals surface area contributed by atoms with Crippen molar-refractivity contribution in [2.75, 3.05) is 5.73 Å². The van der Waals surface area contributed by atoms with E-state index in [4.69, 9.17) is 28.9 Å². The number of anilines is 1. The molecular formula is C14H20Cl2N2. The van der Waals surface area contributed by atoms with Crippen LogP contribution in [0, 0.1) is 10.8 Å².